The highest BCUT2D eigenvalue weighted by Gasteiger charge is 2.05. The predicted molar refractivity (Wildman–Crippen MR) is 40.9 cm³/mol. The average Bonchev–Trinajstić information content (AvgIpc) is 2.40. The molecule has 0 radical (unpaired) electrons. The molecule has 1 rings (SSSR count). The summed E-state index contributed by atoms with van der Waals surface area (Å²) in [7, 11) is 0. The molecule has 11 heavy (non-hydrogen) atoms. The molecule has 0 spiro atoms. The third kappa shape index (κ3) is 2.67. The molecule has 0 aliphatic heterocycles. The minimum absolute atomic E-state index is 0.164. The lowest BCUT2D eigenvalue weighted by molar-refractivity contribution is 0.406. The van der Waals surface area contributed by atoms with Gasteiger partial charge in [-0.3, -0.25) is 0 Å². The summed E-state index contributed by atoms with van der Waals surface area (Å²) < 4.78 is 4.58. The third-order valence-corrected chi connectivity index (χ3v) is 1.51. The molecule has 62 valence electrons. The second kappa shape index (κ2) is 4.08. The molecule has 4 nitrogen and oxygen atoms in total. The van der Waals surface area contributed by atoms with Crippen molar-refractivity contribution in [2.75, 3.05) is 0 Å². The van der Waals surface area contributed by atoms with Crippen molar-refractivity contribution in [2.45, 2.75) is 32.2 Å². The maximum absolute atomic E-state index is 5.75. The third-order valence-electron chi connectivity index (χ3n) is 1.51. The van der Waals surface area contributed by atoms with E-state index in [1.165, 1.54) is 6.39 Å². The fourth-order valence-corrected chi connectivity index (χ4v) is 0.990. The summed E-state index contributed by atoms with van der Waals surface area (Å²) in [6, 6.07) is 0.164. The van der Waals surface area contributed by atoms with E-state index in [0.29, 0.717) is 12.2 Å². The van der Waals surface area contributed by atoms with Crippen LogP contribution in [0.2, 0.25) is 0 Å². The van der Waals surface area contributed by atoms with E-state index in [1.54, 1.807) is 0 Å². The Labute approximate surface area is 65.8 Å². The average molecular weight is 155 g/mol. The van der Waals surface area contributed by atoms with Crippen molar-refractivity contribution in [1.82, 2.24) is 10.1 Å². The molecule has 1 atom stereocenters. The van der Waals surface area contributed by atoms with E-state index in [2.05, 4.69) is 21.6 Å². The maximum Gasteiger partial charge on any atom is 0.213 e. The lowest BCUT2D eigenvalue weighted by Gasteiger charge is -2.05. The molecule has 0 fully saturated rings. The largest absolute Gasteiger partial charge is 0.343 e. The number of hydrogen-bond acceptors (Lipinski definition) is 4. The normalized spacial score (nSPS) is 13.3. The van der Waals surface area contributed by atoms with Crippen LogP contribution in [0, 0.1) is 0 Å². The number of nitrogens with two attached hydrogens (primary N) is 1. The first-order valence-electron chi connectivity index (χ1n) is 3.83. The van der Waals surface area contributed by atoms with Crippen LogP contribution in [0.5, 0.6) is 0 Å². The van der Waals surface area contributed by atoms with Crippen LogP contribution >= 0.6 is 0 Å². The lowest BCUT2D eigenvalue weighted by atomic mass is 10.1. The van der Waals surface area contributed by atoms with Crippen molar-refractivity contribution >= 4 is 0 Å². The molecule has 0 aliphatic rings. The SMILES string of the molecule is CCCC(N)Cc1ncon1. The molecular weight excluding hydrogens is 142 g/mol. The fourth-order valence-electron chi connectivity index (χ4n) is 0.990. The van der Waals surface area contributed by atoms with E-state index in [1.807, 2.05) is 0 Å². The van der Waals surface area contributed by atoms with Gasteiger partial charge >= 0.3 is 0 Å². The molecule has 1 unspecified atom stereocenters. The number of rotatable bonds is 4. The zero-order valence-corrected chi connectivity index (χ0v) is 6.66. The van der Waals surface area contributed by atoms with Gasteiger partial charge in [0.2, 0.25) is 6.39 Å². The highest BCUT2D eigenvalue weighted by molar-refractivity contribution is 4.83. The van der Waals surface area contributed by atoms with Crippen LogP contribution in [0.25, 0.3) is 0 Å². The zero-order valence-electron chi connectivity index (χ0n) is 6.66. The smallest absolute Gasteiger partial charge is 0.213 e. The number of aromatic nitrogens is 2. The van der Waals surface area contributed by atoms with Crippen LogP contribution < -0.4 is 5.73 Å². The summed E-state index contributed by atoms with van der Waals surface area (Å²) in [6.45, 7) is 2.11. The van der Waals surface area contributed by atoms with Crippen molar-refractivity contribution in [2.24, 2.45) is 5.73 Å². The van der Waals surface area contributed by atoms with E-state index in [-0.39, 0.29) is 6.04 Å². The van der Waals surface area contributed by atoms with Crippen molar-refractivity contribution in [3.8, 4) is 0 Å². The molecule has 0 bridgehead atoms. The van der Waals surface area contributed by atoms with E-state index < -0.39 is 0 Å². The van der Waals surface area contributed by atoms with Gasteiger partial charge in [-0.1, -0.05) is 18.5 Å². The van der Waals surface area contributed by atoms with Gasteiger partial charge in [0.05, 0.1) is 0 Å². The lowest BCUT2D eigenvalue weighted by Crippen LogP contribution is -2.22. The highest BCUT2D eigenvalue weighted by Crippen LogP contribution is 1.99. The molecule has 0 amide bonds. The summed E-state index contributed by atoms with van der Waals surface area (Å²) in [4.78, 5) is 3.88. The van der Waals surface area contributed by atoms with Gasteiger partial charge in [0.15, 0.2) is 5.82 Å². The molecule has 0 aliphatic carbocycles. The highest BCUT2D eigenvalue weighted by atomic mass is 16.5. The Balaban J connectivity index is 2.31. The van der Waals surface area contributed by atoms with E-state index >= 15 is 0 Å². The molecule has 1 aromatic heterocycles. The van der Waals surface area contributed by atoms with Gasteiger partial charge in [-0.2, -0.15) is 4.98 Å². The Kier molecular flexibility index (Phi) is 3.04. The first-order valence-corrected chi connectivity index (χ1v) is 3.83. The van der Waals surface area contributed by atoms with Crippen molar-refractivity contribution in [1.29, 1.82) is 0 Å². The fraction of sp³-hybridized carbons (Fsp3) is 0.714. The molecule has 0 saturated heterocycles. The van der Waals surface area contributed by atoms with Crippen LogP contribution in [0.3, 0.4) is 0 Å². The first-order chi connectivity index (χ1) is 5.33. The van der Waals surface area contributed by atoms with Crippen LogP contribution in [-0.4, -0.2) is 16.2 Å². The van der Waals surface area contributed by atoms with Crippen molar-refractivity contribution < 1.29 is 4.52 Å². The molecule has 1 heterocycles. The van der Waals surface area contributed by atoms with Crippen LogP contribution in [-0.2, 0) is 6.42 Å². The second-order valence-electron chi connectivity index (χ2n) is 2.60. The van der Waals surface area contributed by atoms with Gasteiger partial charge in [0.25, 0.3) is 0 Å². The van der Waals surface area contributed by atoms with E-state index in [4.69, 9.17) is 5.73 Å². The first kappa shape index (κ1) is 8.20. The van der Waals surface area contributed by atoms with Gasteiger partial charge in [-0.25, -0.2) is 0 Å². The summed E-state index contributed by atoms with van der Waals surface area (Å²) in [5, 5.41) is 3.67. The summed E-state index contributed by atoms with van der Waals surface area (Å²) >= 11 is 0. The van der Waals surface area contributed by atoms with Gasteiger partial charge in [-0.05, 0) is 6.42 Å². The van der Waals surface area contributed by atoms with E-state index in [0.717, 1.165) is 12.8 Å². The van der Waals surface area contributed by atoms with Gasteiger partial charge in [0, 0.05) is 12.5 Å². The summed E-state index contributed by atoms with van der Waals surface area (Å²) in [5.74, 6) is 0.700. The summed E-state index contributed by atoms with van der Waals surface area (Å²) in [6.07, 6.45) is 4.14. The molecule has 2 N–H and O–H groups in total. The van der Waals surface area contributed by atoms with Crippen LogP contribution in [0.4, 0.5) is 0 Å². The number of hydrogen-bond donors (Lipinski definition) is 1. The van der Waals surface area contributed by atoms with Crippen molar-refractivity contribution in [3.63, 3.8) is 0 Å². The Hall–Kier alpha value is -0.900. The van der Waals surface area contributed by atoms with Gasteiger partial charge < -0.3 is 10.3 Å². The molecule has 1 aromatic rings. The standard InChI is InChI=1S/C7H13N3O/c1-2-3-6(8)4-7-9-5-11-10-7/h5-6H,2-4,8H2,1H3. The van der Waals surface area contributed by atoms with E-state index in [9.17, 15) is 0 Å². The Morgan fingerprint density at radius 2 is 2.55 bits per heavy atom. The number of nitrogens with zero attached hydrogens (tertiary/aromatic N) is 2. The Morgan fingerprint density at radius 1 is 1.73 bits per heavy atom. The monoisotopic (exact) mass is 155 g/mol. The van der Waals surface area contributed by atoms with Gasteiger partial charge in [-0.15, -0.1) is 0 Å². The van der Waals surface area contributed by atoms with Crippen LogP contribution in [0.1, 0.15) is 25.6 Å². The minimum Gasteiger partial charge on any atom is -0.343 e. The molecular formula is C7H13N3O. The predicted octanol–water partition coefficient (Wildman–Crippen LogP) is 0.740. The maximum atomic E-state index is 5.75. The Morgan fingerprint density at radius 3 is 3.09 bits per heavy atom. The zero-order chi connectivity index (χ0) is 8.10. The summed E-state index contributed by atoms with van der Waals surface area (Å²) in [5.41, 5.74) is 5.75. The molecule has 0 aromatic carbocycles. The topological polar surface area (TPSA) is 64.9 Å². The van der Waals surface area contributed by atoms with Gasteiger partial charge in [0.1, 0.15) is 0 Å². The van der Waals surface area contributed by atoms with Crippen molar-refractivity contribution in [3.05, 3.63) is 12.2 Å². The molecule has 0 saturated carbocycles. The quantitative estimate of drug-likeness (QED) is 0.696. The Bertz CT molecular complexity index is 186. The second-order valence-corrected chi connectivity index (χ2v) is 2.60. The minimum atomic E-state index is 0.164. The van der Waals surface area contributed by atoms with Crippen LogP contribution in [0.15, 0.2) is 10.9 Å². The molecule has 4 heteroatoms.